The molecule has 3 rings (SSSR count). The lowest BCUT2D eigenvalue weighted by atomic mass is 9.95. The topological polar surface area (TPSA) is 70.1 Å². The van der Waals surface area contributed by atoms with E-state index in [2.05, 4.69) is 34.7 Å². The first-order valence-corrected chi connectivity index (χ1v) is 11.1. The molecule has 31 heavy (non-hydrogen) atoms. The van der Waals surface area contributed by atoms with Crippen molar-refractivity contribution in [2.75, 3.05) is 33.3 Å². The first-order valence-electron chi connectivity index (χ1n) is 10.3. The van der Waals surface area contributed by atoms with Crippen molar-refractivity contribution >= 4 is 33.4 Å². The molecule has 0 spiro atoms. The number of carbonyl (C=O) groups is 2. The van der Waals surface area contributed by atoms with Crippen LogP contribution < -0.4 is 4.74 Å². The highest BCUT2D eigenvalue weighted by atomic mass is 79.9. The third-order valence-electron chi connectivity index (χ3n) is 5.62. The SMILES string of the molecule is CCN(CC)CCN1C(=O)C(=O)/C(=C(/O)c2ccccc2OC)C1c1cccc(Br)c1. The van der Waals surface area contributed by atoms with Gasteiger partial charge in [-0.2, -0.15) is 0 Å². The summed E-state index contributed by atoms with van der Waals surface area (Å²) in [4.78, 5) is 29.9. The highest BCUT2D eigenvalue weighted by molar-refractivity contribution is 9.10. The number of nitrogens with zero attached hydrogens (tertiary/aromatic N) is 2. The minimum absolute atomic E-state index is 0.0761. The van der Waals surface area contributed by atoms with E-state index in [0.29, 0.717) is 24.4 Å². The van der Waals surface area contributed by atoms with E-state index in [4.69, 9.17) is 4.74 Å². The van der Waals surface area contributed by atoms with E-state index in [1.165, 1.54) is 7.11 Å². The van der Waals surface area contributed by atoms with E-state index >= 15 is 0 Å². The number of aliphatic hydroxyl groups excluding tert-OH is 1. The maximum absolute atomic E-state index is 13.1. The third-order valence-corrected chi connectivity index (χ3v) is 6.11. The van der Waals surface area contributed by atoms with Crippen LogP contribution in [0.25, 0.3) is 5.76 Å². The second kappa shape index (κ2) is 10.1. The zero-order valence-corrected chi connectivity index (χ0v) is 19.6. The Balaban J connectivity index is 2.14. The van der Waals surface area contributed by atoms with Crippen molar-refractivity contribution in [1.29, 1.82) is 0 Å². The van der Waals surface area contributed by atoms with Crippen LogP contribution in [0.2, 0.25) is 0 Å². The summed E-state index contributed by atoms with van der Waals surface area (Å²) in [5, 5.41) is 11.2. The number of amides is 1. The van der Waals surface area contributed by atoms with Crippen LogP contribution in [0.3, 0.4) is 0 Å². The number of benzene rings is 2. The molecular formula is C24H27BrN2O4. The number of para-hydroxylation sites is 1. The van der Waals surface area contributed by atoms with Crippen LogP contribution in [0.5, 0.6) is 5.75 Å². The van der Waals surface area contributed by atoms with Crippen molar-refractivity contribution in [3.8, 4) is 5.75 Å². The summed E-state index contributed by atoms with van der Waals surface area (Å²) in [5.41, 5.74) is 1.21. The minimum atomic E-state index is -0.687. The normalized spacial score (nSPS) is 18.1. The van der Waals surface area contributed by atoms with Gasteiger partial charge in [0.2, 0.25) is 0 Å². The highest BCUT2D eigenvalue weighted by Crippen LogP contribution is 2.41. The van der Waals surface area contributed by atoms with E-state index in [0.717, 1.165) is 23.1 Å². The summed E-state index contributed by atoms with van der Waals surface area (Å²) in [6.45, 7) is 6.84. The van der Waals surface area contributed by atoms with Crippen LogP contribution in [-0.2, 0) is 9.59 Å². The van der Waals surface area contributed by atoms with Gasteiger partial charge < -0.3 is 19.6 Å². The molecule has 0 bridgehead atoms. The number of ether oxygens (including phenoxy) is 1. The van der Waals surface area contributed by atoms with Crippen molar-refractivity contribution in [3.05, 3.63) is 69.7 Å². The molecule has 1 fully saturated rings. The second-order valence-electron chi connectivity index (χ2n) is 7.27. The minimum Gasteiger partial charge on any atom is -0.507 e. The summed E-state index contributed by atoms with van der Waals surface area (Å²) in [6.07, 6.45) is 0. The van der Waals surface area contributed by atoms with Gasteiger partial charge in [0.1, 0.15) is 11.5 Å². The average molecular weight is 487 g/mol. The Morgan fingerprint density at radius 2 is 1.84 bits per heavy atom. The van der Waals surface area contributed by atoms with Gasteiger partial charge in [-0.1, -0.05) is 54.0 Å². The number of halogens is 1. The number of Topliss-reactive ketones (excluding diaryl/α,β-unsaturated/α-hetero) is 1. The lowest BCUT2D eigenvalue weighted by Crippen LogP contribution is -2.38. The Morgan fingerprint density at radius 3 is 2.48 bits per heavy atom. The van der Waals surface area contributed by atoms with Gasteiger partial charge in [0.05, 0.1) is 24.3 Å². The lowest BCUT2D eigenvalue weighted by molar-refractivity contribution is -0.140. The highest BCUT2D eigenvalue weighted by Gasteiger charge is 2.46. The number of rotatable bonds is 8. The molecular weight excluding hydrogens is 460 g/mol. The van der Waals surface area contributed by atoms with E-state index < -0.39 is 17.7 Å². The third kappa shape index (κ3) is 4.67. The predicted molar refractivity (Wildman–Crippen MR) is 124 cm³/mol. The fourth-order valence-electron chi connectivity index (χ4n) is 3.91. The molecule has 1 saturated heterocycles. The van der Waals surface area contributed by atoms with Gasteiger partial charge in [-0.15, -0.1) is 0 Å². The van der Waals surface area contributed by atoms with Gasteiger partial charge in [-0.05, 0) is 42.9 Å². The Hall–Kier alpha value is -2.64. The van der Waals surface area contributed by atoms with Crippen LogP contribution in [0, 0.1) is 0 Å². The van der Waals surface area contributed by atoms with E-state index in [1.807, 2.05) is 24.3 Å². The number of likely N-dealkylation sites (tertiary alicyclic amines) is 1. The molecule has 1 aliphatic rings. The zero-order valence-electron chi connectivity index (χ0n) is 18.0. The smallest absolute Gasteiger partial charge is 0.295 e. The lowest BCUT2D eigenvalue weighted by Gasteiger charge is -2.28. The number of methoxy groups -OCH3 is 1. The van der Waals surface area contributed by atoms with Crippen molar-refractivity contribution < 1.29 is 19.4 Å². The van der Waals surface area contributed by atoms with E-state index in [1.54, 1.807) is 29.2 Å². The van der Waals surface area contributed by atoms with Gasteiger partial charge in [0.25, 0.3) is 11.7 Å². The summed E-state index contributed by atoms with van der Waals surface area (Å²) in [7, 11) is 1.50. The standard InChI is InChI=1S/C24H27BrN2O4/c1-4-26(5-2)13-14-27-21(16-9-8-10-17(25)15-16)20(23(29)24(27)30)22(28)18-11-6-7-12-19(18)31-3/h6-12,15,21,28H,4-5,13-14H2,1-3H3/b22-20+. The molecule has 6 nitrogen and oxygen atoms in total. The Bertz CT molecular complexity index is 1000. The zero-order chi connectivity index (χ0) is 22.5. The van der Waals surface area contributed by atoms with Crippen LogP contribution >= 0.6 is 15.9 Å². The number of ketones is 1. The molecule has 1 unspecified atom stereocenters. The molecule has 1 heterocycles. The average Bonchev–Trinajstić information content (AvgIpc) is 3.04. The molecule has 164 valence electrons. The molecule has 1 atom stereocenters. The fraction of sp³-hybridized carbons (Fsp3) is 0.333. The van der Waals surface area contributed by atoms with Gasteiger partial charge >= 0.3 is 0 Å². The summed E-state index contributed by atoms with van der Waals surface area (Å²) < 4.78 is 6.20. The summed E-state index contributed by atoms with van der Waals surface area (Å²) in [6, 6.07) is 13.7. The Kier molecular flexibility index (Phi) is 7.51. The summed E-state index contributed by atoms with van der Waals surface area (Å²) in [5.74, 6) is -1.09. The largest absolute Gasteiger partial charge is 0.507 e. The first kappa shape index (κ1) is 23.0. The van der Waals surface area contributed by atoms with Crippen LogP contribution in [0.15, 0.2) is 58.6 Å². The number of likely N-dealkylation sites (N-methyl/N-ethyl adjacent to an activating group) is 1. The molecule has 2 aromatic rings. The summed E-state index contributed by atoms with van der Waals surface area (Å²) >= 11 is 3.47. The predicted octanol–water partition coefficient (Wildman–Crippen LogP) is 4.22. The molecule has 0 aromatic heterocycles. The Labute approximate surface area is 191 Å². The van der Waals surface area contributed by atoms with E-state index in [-0.39, 0.29) is 11.3 Å². The van der Waals surface area contributed by atoms with Crippen molar-refractivity contribution in [3.63, 3.8) is 0 Å². The number of aliphatic hydroxyl groups is 1. The molecule has 0 saturated carbocycles. The van der Waals surface area contributed by atoms with Crippen molar-refractivity contribution in [2.24, 2.45) is 0 Å². The molecule has 1 N–H and O–H groups in total. The number of hydrogen-bond acceptors (Lipinski definition) is 5. The fourth-order valence-corrected chi connectivity index (χ4v) is 4.33. The molecule has 7 heteroatoms. The molecule has 0 radical (unpaired) electrons. The van der Waals surface area contributed by atoms with Crippen LogP contribution in [-0.4, -0.2) is 59.9 Å². The quantitative estimate of drug-likeness (QED) is 0.343. The molecule has 1 aliphatic heterocycles. The molecule has 2 aromatic carbocycles. The first-order chi connectivity index (χ1) is 14.9. The van der Waals surface area contributed by atoms with Crippen LogP contribution in [0.4, 0.5) is 0 Å². The number of carbonyl (C=O) groups excluding carboxylic acids is 2. The van der Waals surface area contributed by atoms with Gasteiger partial charge in [-0.3, -0.25) is 9.59 Å². The van der Waals surface area contributed by atoms with Gasteiger partial charge in [0, 0.05) is 17.6 Å². The molecule has 0 aliphatic carbocycles. The second-order valence-corrected chi connectivity index (χ2v) is 8.19. The van der Waals surface area contributed by atoms with E-state index in [9.17, 15) is 14.7 Å². The Morgan fingerprint density at radius 1 is 1.13 bits per heavy atom. The van der Waals surface area contributed by atoms with Crippen molar-refractivity contribution in [2.45, 2.75) is 19.9 Å². The maximum atomic E-state index is 13.1. The van der Waals surface area contributed by atoms with Gasteiger partial charge in [0.15, 0.2) is 0 Å². The van der Waals surface area contributed by atoms with Crippen LogP contribution in [0.1, 0.15) is 31.0 Å². The van der Waals surface area contributed by atoms with Gasteiger partial charge in [-0.25, -0.2) is 0 Å². The maximum Gasteiger partial charge on any atom is 0.295 e. The number of hydrogen-bond donors (Lipinski definition) is 1. The monoisotopic (exact) mass is 486 g/mol. The van der Waals surface area contributed by atoms with Crippen molar-refractivity contribution in [1.82, 2.24) is 9.80 Å². The molecule has 1 amide bonds.